The lowest BCUT2D eigenvalue weighted by molar-refractivity contribution is 0.618. The summed E-state index contributed by atoms with van der Waals surface area (Å²) in [5.74, 6) is 0. The van der Waals surface area contributed by atoms with Gasteiger partial charge in [0.15, 0.2) is 0 Å². The molecule has 0 amide bonds. The Labute approximate surface area is 111 Å². The van der Waals surface area contributed by atoms with E-state index in [-0.39, 0.29) is 0 Å². The average Bonchev–Trinajstić information content (AvgIpc) is 2.45. The molecule has 17 heavy (non-hydrogen) atoms. The minimum atomic E-state index is -1.16. The van der Waals surface area contributed by atoms with Crippen LogP contribution < -0.4 is 0 Å². The molecule has 0 heterocycles. The standard InChI is InChI=1S/C16H34Si/c1-13(2)17(14(3)4,15(5)6)16-11-9-7-8-10-12-16/h13-16H,7-12H2,1-6H3. The molecule has 1 saturated carbocycles. The molecule has 0 atom stereocenters. The number of hydrogen-bond donors (Lipinski definition) is 0. The van der Waals surface area contributed by atoms with Gasteiger partial charge in [-0.1, -0.05) is 96.7 Å². The lowest BCUT2D eigenvalue weighted by Gasteiger charge is -2.49. The maximum absolute atomic E-state index is 2.52. The minimum Gasteiger partial charge on any atom is -0.0651 e. The van der Waals surface area contributed by atoms with E-state index in [0.717, 1.165) is 22.2 Å². The Morgan fingerprint density at radius 3 is 1.29 bits per heavy atom. The van der Waals surface area contributed by atoms with Crippen molar-refractivity contribution >= 4 is 8.07 Å². The SMILES string of the molecule is CC(C)[Si](C(C)C)(C(C)C)C1CCCCCC1. The second kappa shape index (κ2) is 6.40. The fourth-order valence-corrected chi connectivity index (χ4v) is 13.4. The maximum Gasteiger partial charge on any atom is 0.0643 e. The zero-order valence-corrected chi connectivity index (χ0v) is 14.1. The molecule has 102 valence electrons. The summed E-state index contributed by atoms with van der Waals surface area (Å²) >= 11 is 0. The van der Waals surface area contributed by atoms with Crippen molar-refractivity contribution in [1.82, 2.24) is 0 Å². The fraction of sp³-hybridized carbons (Fsp3) is 1.00. The van der Waals surface area contributed by atoms with Crippen molar-refractivity contribution in [2.24, 2.45) is 0 Å². The molecular formula is C16H34Si. The Kier molecular flexibility index (Phi) is 5.75. The summed E-state index contributed by atoms with van der Waals surface area (Å²) in [6, 6.07) is 0. The molecule has 0 N–H and O–H groups in total. The quantitative estimate of drug-likeness (QED) is 0.403. The molecule has 0 spiro atoms. The highest BCUT2D eigenvalue weighted by Gasteiger charge is 2.48. The van der Waals surface area contributed by atoms with Crippen molar-refractivity contribution in [3.05, 3.63) is 0 Å². The zero-order chi connectivity index (χ0) is 13.1. The minimum absolute atomic E-state index is 0.950. The fourth-order valence-electron chi connectivity index (χ4n) is 5.19. The van der Waals surface area contributed by atoms with Crippen molar-refractivity contribution in [3.63, 3.8) is 0 Å². The van der Waals surface area contributed by atoms with Crippen molar-refractivity contribution in [2.75, 3.05) is 0 Å². The Bertz CT molecular complexity index is 188. The highest BCUT2D eigenvalue weighted by Crippen LogP contribution is 2.53. The molecule has 0 aromatic rings. The third-order valence-corrected chi connectivity index (χ3v) is 13.6. The second-order valence-electron chi connectivity index (χ2n) is 7.15. The smallest absolute Gasteiger partial charge is 0.0643 e. The maximum atomic E-state index is 2.52. The Morgan fingerprint density at radius 2 is 1.00 bits per heavy atom. The van der Waals surface area contributed by atoms with Crippen molar-refractivity contribution in [3.8, 4) is 0 Å². The van der Waals surface area contributed by atoms with E-state index < -0.39 is 8.07 Å². The van der Waals surface area contributed by atoms with Crippen LogP contribution in [0.4, 0.5) is 0 Å². The van der Waals surface area contributed by atoms with Gasteiger partial charge in [0, 0.05) is 0 Å². The third kappa shape index (κ3) is 2.97. The molecule has 0 nitrogen and oxygen atoms in total. The van der Waals surface area contributed by atoms with Gasteiger partial charge in [0.2, 0.25) is 0 Å². The first-order valence-corrected chi connectivity index (χ1v) is 10.2. The topological polar surface area (TPSA) is 0 Å². The van der Waals surface area contributed by atoms with Gasteiger partial charge in [-0.15, -0.1) is 0 Å². The largest absolute Gasteiger partial charge is 0.0651 e. The summed E-state index contributed by atoms with van der Waals surface area (Å²) in [5, 5.41) is 0. The molecule has 1 aliphatic rings. The van der Waals surface area contributed by atoms with Crippen LogP contribution in [0.5, 0.6) is 0 Å². The van der Waals surface area contributed by atoms with Crippen LogP contribution in [0, 0.1) is 0 Å². The van der Waals surface area contributed by atoms with Crippen molar-refractivity contribution in [2.45, 2.75) is 102 Å². The summed E-state index contributed by atoms with van der Waals surface area (Å²) in [4.78, 5) is 0. The molecule has 1 heteroatoms. The van der Waals surface area contributed by atoms with Crippen LogP contribution in [-0.2, 0) is 0 Å². The highest BCUT2D eigenvalue weighted by atomic mass is 28.3. The van der Waals surface area contributed by atoms with E-state index in [1.165, 1.54) is 25.7 Å². The molecule has 0 aromatic carbocycles. The van der Waals surface area contributed by atoms with Gasteiger partial charge in [0.25, 0.3) is 0 Å². The predicted octanol–water partition coefficient (Wildman–Crippen LogP) is 6.39. The van der Waals surface area contributed by atoms with Gasteiger partial charge in [0.1, 0.15) is 0 Å². The van der Waals surface area contributed by atoms with Crippen molar-refractivity contribution < 1.29 is 0 Å². The van der Waals surface area contributed by atoms with Crippen LogP contribution in [0.25, 0.3) is 0 Å². The molecule has 1 fully saturated rings. The molecule has 1 aliphatic carbocycles. The summed E-state index contributed by atoms with van der Waals surface area (Å²) in [7, 11) is -1.16. The summed E-state index contributed by atoms with van der Waals surface area (Å²) in [6.07, 6.45) is 9.09. The molecule has 0 aliphatic heterocycles. The summed E-state index contributed by atoms with van der Waals surface area (Å²) in [6.45, 7) is 15.1. The molecule has 0 bridgehead atoms. The normalized spacial score (nSPS) is 20.3. The van der Waals surface area contributed by atoms with Crippen LogP contribution in [0.2, 0.25) is 22.2 Å². The first-order valence-electron chi connectivity index (χ1n) is 7.94. The van der Waals surface area contributed by atoms with Gasteiger partial charge >= 0.3 is 0 Å². The number of rotatable bonds is 4. The van der Waals surface area contributed by atoms with E-state index >= 15 is 0 Å². The third-order valence-electron chi connectivity index (χ3n) is 5.56. The first kappa shape index (κ1) is 15.3. The van der Waals surface area contributed by atoms with Gasteiger partial charge in [-0.3, -0.25) is 0 Å². The van der Waals surface area contributed by atoms with Gasteiger partial charge in [0.05, 0.1) is 8.07 Å². The summed E-state index contributed by atoms with van der Waals surface area (Å²) < 4.78 is 0. The van der Waals surface area contributed by atoms with E-state index in [1.807, 2.05) is 0 Å². The lowest BCUT2D eigenvalue weighted by atomic mass is 10.2. The molecule has 0 radical (unpaired) electrons. The van der Waals surface area contributed by atoms with E-state index in [2.05, 4.69) is 41.5 Å². The van der Waals surface area contributed by atoms with Gasteiger partial charge in [-0.25, -0.2) is 0 Å². The van der Waals surface area contributed by atoms with E-state index in [9.17, 15) is 0 Å². The Balaban J connectivity index is 3.01. The van der Waals surface area contributed by atoms with Crippen LogP contribution >= 0.6 is 0 Å². The van der Waals surface area contributed by atoms with Crippen LogP contribution in [-0.4, -0.2) is 8.07 Å². The second-order valence-corrected chi connectivity index (χ2v) is 13.4. The summed E-state index contributed by atoms with van der Waals surface area (Å²) in [5.41, 5.74) is 3.95. The van der Waals surface area contributed by atoms with E-state index in [1.54, 1.807) is 12.8 Å². The van der Waals surface area contributed by atoms with Crippen LogP contribution in [0.3, 0.4) is 0 Å². The number of hydrogen-bond acceptors (Lipinski definition) is 0. The lowest BCUT2D eigenvalue weighted by Crippen LogP contribution is -2.48. The van der Waals surface area contributed by atoms with E-state index in [0.29, 0.717) is 0 Å². The monoisotopic (exact) mass is 254 g/mol. The van der Waals surface area contributed by atoms with Gasteiger partial charge in [-0.2, -0.15) is 0 Å². The van der Waals surface area contributed by atoms with Crippen molar-refractivity contribution in [1.29, 1.82) is 0 Å². The van der Waals surface area contributed by atoms with Gasteiger partial charge < -0.3 is 0 Å². The molecule has 0 unspecified atom stereocenters. The average molecular weight is 255 g/mol. The predicted molar refractivity (Wildman–Crippen MR) is 82.5 cm³/mol. The Morgan fingerprint density at radius 1 is 0.647 bits per heavy atom. The molecule has 0 saturated heterocycles. The first-order chi connectivity index (χ1) is 7.94. The van der Waals surface area contributed by atoms with Crippen LogP contribution in [0.15, 0.2) is 0 Å². The molecular weight excluding hydrogens is 220 g/mol. The zero-order valence-electron chi connectivity index (χ0n) is 13.1. The van der Waals surface area contributed by atoms with Crippen LogP contribution in [0.1, 0.15) is 80.1 Å². The highest BCUT2D eigenvalue weighted by molar-refractivity contribution is 6.84. The van der Waals surface area contributed by atoms with Gasteiger partial charge in [-0.05, 0) is 5.54 Å². The van der Waals surface area contributed by atoms with E-state index in [4.69, 9.17) is 0 Å². The molecule has 0 aromatic heterocycles. The Hall–Kier alpha value is 0.217. The molecule has 1 rings (SSSR count).